The number of nitrogens with one attached hydrogen (secondary N) is 1. The van der Waals surface area contributed by atoms with Crippen molar-refractivity contribution in [3.63, 3.8) is 0 Å². The van der Waals surface area contributed by atoms with Crippen LogP contribution in [0.5, 0.6) is 0 Å². The van der Waals surface area contributed by atoms with E-state index < -0.39 is 0 Å². The van der Waals surface area contributed by atoms with E-state index in [4.69, 9.17) is 0 Å². The standard InChI is InChI=1S/C26H32N4O2/c1-29(2)24-25(32)30(22-14-8-7-13-21(22)28-24)18-15-23(31)27-19-26(16-9-4-10-17-26)20-11-5-3-6-12-20/h3,5-8,11-14H,4,9-10,15-19H2,1-2H3,(H,27,31). The summed E-state index contributed by atoms with van der Waals surface area (Å²) in [5, 5.41) is 3.19. The Morgan fingerprint density at radius 2 is 1.72 bits per heavy atom. The summed E-state index contributed by atoms with van der Waals surface area (Å²) in [6.45, 7) is 0.970. The van der Waals surface area contributed by atoms with E-state index in [1.807, 2.05) is 44.4 Å². The van der Waals surface area contributed by atoms with Gasteiger partial charge in [-0.25, -0.2) is 4.98 Å². The lowest BCUT2D eigenvalue weighted by atomic mass is 9.69. The lowest BCUT2D eigenvalue weighted by Gasteiger charge is -2.38. The molecular weight excluding hydrogens is 400 g/mol. The summed E-state index contributed by atoms with van der Waals surface area (Å²) in [6.07, 6.45) is 6.09. The molecule has 0 bridgehead atoms. The molecule has 6 nitrogen and oxygen atoms in total. The van der Waals surface area contributed by atoms with Gasteiger partial charge in [0, 0.05) is 39.0 Å². The van der Waals surface area contributed by atoms with Crippen molar-refractivity contribution in [3.8, 4) is 0 Å². The summed E-state index contributed by atoms with van der Waals surface area (Å²) in [5.74, 6) is 0.361. The van der Waals surface area contributed by atoms with Gasteiger partial charge >= 0.3 is 0 Å². The molecule has 0 unspecified atom stereocenters. The fraction of sp³-hybridized carbons (Fsp3) is 0.423. The molecule has 1 amide bonds. The Morgan fingerprint density at radius 1 is 1.03 bits per heavy atom. The molecule has 1 aliphatic carbocycles. The second-order valence-electron chi connectivity index (χ2n) is 9.01. The van der Waals surface area contributed by atoms with Crippen LogP contribution >= 0.6 is 0 Å². The summed E-state index contributed by atoms with van der Waals surface area (Å²) in [6, 6.07) is 18.1. The molecule has 3 aromatic rings. The number of fused-ring (bicyclic) bond motifs is 1. The SMILES string of the molecule is CN(C)c1nc2ccccc2n(CCC(=O)NCC2(c3ccccc3)CCCCC2)c1=O. The first-order chi connectivity index (χ1) is 15.5. The van der Waals surface area contributed by atoms with Crippen molar-refractivity contribution in [2.24, 2.45) is 0 Å². The van der Waals surface area contributed by atoms with Crippen LogP contribution in [0, 0.1) is 0 Å². The van der Waals surface area contributed by atoms with Crippen LogP contribution in [-0.4, -0.2) is 36.1 Å². The van der Waals surface area contributed by atoms with E-state index in [0.29, 0.717) is 18.9 Å². The molecule has 1 saturated carbocycles. The Morgan fingerprint density at radius 3 is 2.44 bits per heavy atom. The number of amides is 1. The fourth-order valence-corrected chi connectivity index (χ4v) is 4.85. The Hall–Kier alpha value is -3.15. The van der Waals surface area contributed by atoms with Crippen LogP contribution in [0.3, 0.4) is 0 Å². The highest BCUT2D eigenvalue weighted by Gasteiger charge is 2.34. The summed E-state index contributed by atoms with van der Waals surface area (Å²) in [5.41, 5.74) is 2.65. The van der Waals surface area contributed by atoms with Gasteiger partial charge < -0.3 is 14.8 Å². The lowest BCUT2D eigenvalue weighted by Crippen LogP contribution is -2.42. The van der Waals surface area contributed by atoms with Gasteiger partial charge in [-0.1, -0.05) is 61.7 Å². The Balaban J connectivity index is 1.49. The van der Waals surface area contributed by atoms with Gasteiger partial charge in [0.2, 0.25) is 5.91 Å². The minimum absolute atomic E-state index is 0.00740. The molecule has 168 valence electrons. The summed E-state index contributed by atoms with van der Waals surface area (Å²) < 4.78 is 1.67. The molecule has 4 rings (SSSR count). The Labute approximate surface area is 189 Å². The van der Waals surface area contributed by atoms with Gasteiger partial charge in [0.05, 0.1) is 11.0 Å². The number of benzene rings is 2. The fourth-order valence-electron chi connectivity index (χ4n) is 4.85. The maximum Gasteiger partial charge on any atom is 0.293 e. The first kappa shape index (κ1) is 22.1. The third kappa shape index (κ3) is 4.54. The number of nitrogens with zero attached hydrogens (tertiary/aromatic N) is 3. The molecule has 2 aromatic carbocycles. The van der Waals surface area contributed by atoms with Gasteiger partial charge in [-0.05, 0) is 30.5 Å². The minimum Gasteiger partial charge on any atom is -0.358 e. The molecule has 1 aliphatic rings. The average Bonchev–Trinajstić information content (AvgIpc) is 2.83. The van der Waals surface area contributed by atoms with Crippen molar-refractivity contribution >= 4 is 22.8 Å². The zero-order chi connectivity index (χ0) is 22.6. The molecule has 1 heterocycles. The van der Waals surface area contributed by atoms with Crippen molar-refractivity contribution in [1.82, 2.24) is 14.9 Å². The Bertz CT molecular complexity index is 1130. The van der Waals surface area contributed by atoms with Gasteiger partial charge in [-0.2, -0.15) is 0 Å². The van der Waals surface area contributed by atoms with Crippen molar-refractivity contribution in [3.05, 3.63) is 70.5 Å². The molecule has 0 atom stereocenters. The zero-order valence-corrected chi connectivity index (χ0v) is 19.0. The van der Waals surface area contributed by atoms with E-state index in [1.165, 1.54) is 24.8 Å². The second kappa shape index (κ2) is 9.55. The van der Waals surface area contributed by atoms with Crippen LogP contribution in [-0.2, 0) is 16.8 Å². The molecule has 6 heteroatoms. The van der Waals surface area contributed by atoms with Gasteiger partial charge in [-0.3, -0.25) is 9.59 Å². The first-order valence-electron chi connectivity index (χ1n) is 11.5. The van der Waals surface area contributed by atoms with E-state index >= 15 is 0 Å². The van der Waals surface area contributed by atoms with E-state index in [-0.39, 0.29) is 23.3 Å². The summed E-state index contributed by atoms with van der Waals surface area (Å²) in [4.78, 5) is 32.1. The first-order valence-corrected chi connectivity index (χ1v) is 11.5. The number of carbonyl (C=O) groups is 1. The highest BCUT2D eigenvalue weighted by Crippen LogP contribution is 2.38. The van der Waals surface area contributed by atoms with Crippen molar-refractivity contribution in [2.75, 3.05) is 25.5 Å². The zero-order valence-electron chi connectivity index (χ0n) is 19.0. The third-order valence-corrected chi connectivity index (χ3v) is 6.64. The molecule has 1 aromatic heterocycles. The second-order valence-corrected chi connectivity index (χ2v) is 9.01. The minimum atomic E-state index is -0.172. The molecule has 32 heavy (non-hydrogen) atoms. The molecule has 0 radical (unpaired) electrons. The molecule has 0 spiro atoms. The highest BCUT2D eigenvalue weighted by molar-refractivity contribution is 5.78. The van der Waals surface area contributed by atoms with E-state index in [2.05, 4.69) is 34.6 Å². The van der Waals surface area contributed by atoms with Crippen LogP contribution in [0.15, 0.2) is 59.4 Å². The number of aromatic nitrogens is 2. The van der Waals surface area contributed by atoms with Crippen LogP contribution in [0.1, 0.15) is 44.1 Å². The topological polar surface area (TPSA) is 67.2 Å². The van der Waals surface area contributed by atoms with Gasteiger partial charge in [0.1, 0.15) is 0 Å². The van der Waals surface area contributed by atoms with Crippen LogP contribution in [0.25, 0.3) is 11.0 Å². The number of para-hydroxylation sites is 2. The van der Waals surface area contributed by atoms with E-state index in [9.17, 15) is 9.59 Å². The average molecular weight is 433 g/mol. The maximum absolute atomic E-state index is 13.0. The van der Waals surface area contributed by atoms with Crippen LogP contribution < -0.4 is 15.8 Å². The van der Waals surface area contributed by atoms with Gasteiger partial charge in [-0.15, -0.1) is 0 Å². The maximum atomic E-state index is 13.0. The summed E-state index contributed by atoms with van der Waals surface area (Å²) in [7, 11) is 3.62. The van der Waals surface area contributed by atoms with Crippen molar-refractivity contribution in [1.29, 1.82) is 0 Å². The highest BCUT2D eigenvalue weighted by atomic mass is 16.2. The monoisotopic (exact) mass is 432 g/mol. The molecule has 1 fully saturated rings. The molecular formula is C26H32N4O2. The normalized spacial score (nSPS) is 15.4. The molecule has 0 saturated heterocycles. The summed E-state index contributed by atoms with van der Waals surface area (Å²) >= 11 is 0. The number of hydrogen-bond donors (Lipinski definition) is 1. The van der Waals surface area contributed by atoms with Crippen LogP contribution in [0.4, 0.5) is 5.82 Å². The number of hydrogen-bond acceptors (Lipinski definition) is 4. The lowest BCUT2D eigenvalue weighted by molar-refractivity contribution is -0.121. The smallest absolute Gasteiger partial charge is 0.293 e. The van der Waals surface area contributed by atoms with Gasteiger partial charge in [0.25, 0.3) is 5.56 Å². The predicted octanol–water partition coefficient (Wildman–Crippen LogP) is 3.87. The number of aryl methyl sites for hydroxylation is 1. The number of anilines is 1. The van der Waals surface area contributed by atoms with Gasteiger partial charge in [0.15, 0.2) is 5.82 Å². The third-order valence-electron chi connectivity index (χ3n) is 6.64. The quantitative estimate of drug-likeness (QED) is 0.615. The molecule has 0 aliphatic heterocycles. The van der Waals surface area contributed by atoms with E-state index in [0.717, 1.165) is 23.9 Å². The van der Waals surface area contributed by atoms with Crippen molar-refractivity contribution in [2.45, 2.75) is 50.5 Å². The molecule has 1 N–H and O–H groups in total. The number of rotatable bonds is 7. The Kier molecular flexibility index (Phi) is 6.58. The van der Waals surface area contributed by atoms with E-state index in [1.54, 1.807) is 9.47 Å². The largest absolute Gasteiger partial charge is 0.358 e. The van der Waals surface area contributed by atoms with Crippen molar-refractivity contribution < 1.29 is 4.79 Å². The number of carbonyl (C=O) groups excluding carboxylic acids is 1. The van der Waals surface area contributed by atoms with Crippen LogP contribution in [0.2, 0.25) is 0 Å². The predicted molar refractivity (Wildman–Crippen MR) is 129 cm³/mol.